The first-order valence-electron chi connectivity index (χ1n) is 12.3. The predicted molar refractivity (Wildman–Crippen MR) is 140 cm³/mol. The summed E-state index contributed by atoms with van der Waals surface area (Å²) in [7, 11) is 0. The van der Waals surface area contributed by atoms with Gasteiger partial charge in [0.2, 0.25) is 5.91 Å². The highest BCUT2D eigenvalue weighted by atomic mass is 16.4. The van der Waals surface area contributed by atoms with Crippen LogP contribution in [0.15, 0.2) is 83.6 Å². The van der Waals surface area contributed by atoms with E-state index in [2.05, 4.69) is 29.2 Å². The van der Waals surface area contributed by atoms with Gasteiger partial charge in [-0.15, -0.1) is 0 Å². The first-order valence-corrected chi connectivity index (χ1v) is 12.3. The summed E-state index contributed by atoms with van der Waals surface area (Å²) in [6, 6.07) is 21.7. The molecule has 1 N–H and O–H groups in total. The van der Waals surface area contributed by atoms with E-state index in [4.69, 9.17) is 9.52 Å². The number of aliphatic carboxylic acids is 1. The zero-order valence-corrected chi connectivity index (χ0v) is 20.0. The Labute approximate surface area is 209 Å². The van der Waals surface area contributed by atoms with E-state index in [0.717, 1.165) is 70.8 Å². The number of oxazole rings is 1. The van der Waals surface area contributed by atoms with Crippen LogP contribution in [0.2, 0.25) is 0 Å². The summed E-state index contributed by atoms with van der Waals surface area (Å²) in [5.41, 5.74) is 6.24. The largest absolute Gasteiger partial charge is 0.478 e. The van der Waals surface area contributed by atoms with Gasteiger partial charge in [-0.2, -0.15) is 0 Å². The third kappa shape index (κ3) is 5.38. The van der Waals surface area contributed by atoms with E-state index in [1.807, 2.05) is 47.4 Å². The van der Waals surface area contributed by atoms with Gasteiger partial charge >= 0.3 is 5.97 Å². The zero-order valence-electron chi connectivity index (χ0n) is 20.0. The van der Waals surface area contributed by atoms with Crippen LogP contribution in [0.3, 0.4) is 0 Å². The van der Waals surface area contributed by atoms with Crippen LogP contribution in [0.4, 0.5) is 5.69 Å². The number of anilines is 1. The molecule has 6 heteroatoms. The Morgan fingerprint density at radius 2 is 1.75 bits per heavy atom. The summed E-state index contributed by atoms with van der Waals surface area (Å²) < 4.78 is 5.34. The smallest absolute Gasteiger partial charge is 0.328 e. The standard InChI is InChI=1S/C30H28N2O4/c33-29(34)16-11-21-5-4-8-26(17-21)32(30(35)24-6-2-1-3-7-24)19-22-9-12-23(13-10-22)25-14-15-28-27(18-25)31-20-36-28/h4-5,8-18,20,24H,1-3,6-7,19H2,(H,33,34). The molecular weight excluding hydrogens is 452 g/mol. The van der Waals surface area contributed by atoms with Gasteiger partial charge in [-0.25, -0.2) is 9.78 Å². The van der Waals surface area contributed by atoms with E-state index < -0.39 is 5.97 Å². The maximum absolute atomic E-state index is 13.7. The number of nitrogens with zero attached hydrogens (tertiary/aromatic N) is 2. The molecule has 1 aromatic heterocycles. The molecule has 182 valence electrons. The van der Waals surface area contributed by atoms with Crippen LogP contribution in [-0.2, 0) is 16.1 Å². The van der Waals surface area contributed by atoms with Crippen molar-refractivity contribution in [2.45, 2.75) is 38.6 Å². The average molecular weight is 481 g/mol. The predicted octanol–water partition coefficient (Wildman–Crippen LogP) is 6.71. The molecule has 0 aliphatic heterocycles. The second-order valence-electron chi connectivity index (χ2n) is 9.26. The first kappa shape index (κ1) is 23.5. The molecule has 0 radical (unpaired) electrons. The van der Waals surface area contributed by atoms with Crippen molar-refractivity contribution in [2.75, 3.05) is 4.90 Å². The number of hydrogen-bond donors (Lipinski definition) is 1. The Balaban J connectivity index is 1.42. The van der Waals surface area contributed by atoms with E-state index in [9.17, 15) is 9.59 Å². The lowest BCUT2D eigenvalue weighted by atomic mass is 9.88. The summed E-state index contributed by atoms with van der Waals surface area (Å²) in [6.07, 6.45) is 9.28. The number of carbonyl (C=O) groups excluding carboxylic acids is 1. The first-order chi connectivity index (χ1) is 17.6. The molecule has 36 heavy (non-hydrogen) atoms. The van der Waals surface area contributed by atoms with Crippen molar-refractivity contribution >= 4 is 34.7 Å². The van der Waals surface area contributed by atoms with Gasteiger partial charge in [0.05, 0.1) is 6.54 Å². The highest BCUT2D eigenvalue weighted by Crippen LogP contribution is 2.30. The van der Waals surface area contributed by atoms with Gasteiger partial charge in [0.1, 0.15) is 5.52 Å². The number of benzene rings is 3. The van der Waals surface area contributed by atoms with Crippen LogP contribution in [-0.4, -0.2) is 22.0 Å². The van der Waals surface area contributed by atoms with Gasteiger partial charge in [-0.1, -0.05) is 61.7 Å². The number of carboxylic acid groups (broad SMARTS) is 1. The lowest BCUT2D eigenvalue weighted by Crippen LogP contribution is -2.36. The minimum atomic E-state index is -1.00. The Bertz CT molecular complexity index is 1400. The molecule has 0 atom stereocenters. The van der Waals surface area contributed by atoms with Crippen LogP contribution < -0.4 is 4.90 Å². The number of carbonyl (C=O) groups is 2. The van der Waals surface area contributed by atoms with Crippen LogP contribution >= 0.6 is 0 Å². The molecule has 1 fully saturated rings. The molecule has 1 aliphatic rings. The van der Waals surface area contributed by atoms with Crippen LogP contribution in [0.25, 0.3) is 28.3 Å². The molecule has 0 bridgehead atoms. The van der Waals surface area contributed by atoms with E-state index in [0.29, 0.717) is 6.54 Å². The van der Waals surface area contributed by atoms with Crippen molar-refractivity contribution < 1.29 is 19.1 Å². The van der Waals surface area contributed by atoms with Crippen LogP contribution in [0.5, 0.6) is 0 Å². The summed E-state index contributed by atoms with van der Waals surface area (Å²) in [6.45, 7) is 0.448. The summed E-state index contributed by atoms with van der Waals surface area (Å²) in [5.74, 6) is -0.849. The van der Waals surface area contributed by atoms with Gasteiger partial charge in [-0.3, -0.25) is 4.79 Å². The average Bonchev–Trinajstić information content (AvgIpc) is 3.39. The number of carboxylic acids is 1. The maximum Gasteiger partial charge on any atom is 0.328 e. The van der Waals surface area contributed by atoms with Crippen molar-refractivity contribution in [3.8, 4) is 11.1 Å². The number of aromatic nitrogens is 1. The van der Waals surface area contributed by atoms with Gasteiger partial charge in [0.25, 0.3) is 0 Å². The molecule has 5 rings (SSSR count). The van der Waals surface area contributed by atoms with E-state index in [1.165, 1.54) is 12.8 Å². The third-order valence-corrected chi connectivity index (χ3v) is 6.78. The fraction of sp³-hybridized carbons (Fsp3) is 0.233. The zero-order chi connectivity index (χ0) is 24.9. The highest BCUT2D eigenvalue weighted by molar-refractivity contribution is 5.95. The summed E-state index contributed by atoms with van der Waals surface area (Å²) in [4.78, 5) is 30.7. The van der Waals surface area contributed by atoms with Gasteiger partial charge < -0.3 is 14.4 Å². The topological polar surface area (TPSA) is 83.6 Å². The molecule has 1 saturated carbocycles. The van der Waals surface area contributed by atoms with Crippen molar-refractivity contribution in [1.82, 2.24) is 4.98 Å². The molecule has 4 aromatic rings. The molecule has 6 nitrogen and oxygen atoms in total. The number of fused-ring (bicyclic) bond motifs is 1. The fourth-order valence-corrected chi connectivity index (χ4v) is 4.85. The minimum absolute atomic E-state index is 0.0189. The molecule has 0 saturated heterocycles. The quantitative estimate of drug-likeness (QED) is 0.297. The van der Waals surface area contributed by atoms with Crippen molar-refractivity contribution in [2.24, 2.45) is 5.92 Å². The second-order valence-corrected chi connectivity index (χ2v) is 9.26. The number of hydrogen-bond acceptors (Lipinski definition) is 4. The fourth-order valence-electron chi connectivity index (χ4n) is 4.85. The van der Waals surface area contributed by atoms with Gasteiger partial charge in [0, 0.05) is 17.7 Å². The Morgan fingerprint density at radius 3 is 2.53 bits per heavy atom. The summed E-state index contributed by atoms with van der Waals surface area (Å²) in [5, 5.41) is 8.99. The minimum Gasteiger partial charge on any atom is -0.478 e. The molecule has 3 aromatic carbocycles. The highest BCUT2D eigenvalue weighted by Gasteiger charge is 2.27. The van der Waals surface area contributed by atoms with Gasteiger partial charge in [-0.05, 0) is 65.4 Å². The van der Waals surface area contributed by atoms with Crippen molar-refractivity contribution in [3.63, 3.8) is 0 Å². The van der Waals surface area contributed by atoms with Gasteiger partial charge in [0.15, 0.2) is 12.0 Å². The molecule has 0 unspecified atom stereocenters. The Kier molecular flexibility index (Phi) is 6.94. The van der Waals surface area contributed by atoms with Crippen molar-refractivity contribution in [1.29, 1.82) is 0 Å². The van der Waals surface area contributed by atoms with E-state index >= 15 is 0 Å². The Morgan fingerprint density at radius 1 is 0.972 bits per heavy atom. The molecular formula is C30H28N2O4. The van der Waals surface area contributed by atoms with E-state index in [1.54, 1.807) is 6.08 Å². The molecule has 1 aliphatic carbocycles. The number of rotatable bonds is 7. The van der Waals surface area contributed by atoms with E-state index in [-0.39, 0.29) is 11.8 Å². The Hall–Kier alpha value is -4.19. The normalized spacial score (nSPS) is 14.3. The van der Waals surface area contributed by atoms with Crippen molar-refractivity contribution in [3.05, 3.63) is 90.3 Å². The molecule has 0 spiro atoms. The second kappa shape index (κ2) is 10.6. The summed E-state index contributed by atoms with van der Waals surface area (Å²) >= 11 is 0. The van der Waals surface area contributed by atoms with Crippen LogP contribution in [0, 0.1) is 5.92 Å². The monoisotopic (exact) mass is 480 g/mol. The SMILES string of the molecule is O=C(O)C=Cc1cccc(N(Cc2ccc(-c3ccc4ocnc4c3)cc2)C(=O)C2CCCCC2)c1. The number of amides is 1. The molecule has 1 heterocycles. The lowest BCUT2D eigenvalue weighted by Gasteiger charge is -2.30. The molecule has 1 amide bonds. The third-order valence-electron chi connectivity index (χ3n) is 6.78. The maximum atomic E-state index is 13.7. The van der Waals surface area contributed by atoms with Crippen LogP contribution in [0.1, 0.15) is 43.2 Å². The lowest BCUT2D eigenvalue weighted by molar-refractivity contribution is -0.131.